The Hall–Kier alpha value is -0.975. The highest BCUT2D eigenvalue weighted by atomic mass is 14.2. The van der Waals surface area contributed by atoms with Crippen LogP contribution in [0.25, 0.3) is 0 Å². The van der Waals surface area contributed by atoms with E-state index in [0.717, 1.165) is 13.6 Å². The van der Waals surface area contributed by atoms with Crippen LogP contribution in [0, 0.1) is 0 Å². The van der Waals surface area contributed by atoms with Gasteiger partial charge in [-0.25, -0.2) is 0 Å². The minimum absolute atomic E-state index is 0.248. The van der Waals surface area contributed by atoms with Gasteiger partial charge in [0.1, 0.15) is 0 Å². The summed E-state index contributed by atoms with van der Waals surface area (Å²) in [5, 5.41) is 0. The van der Waals surface area contributed by atoms with E-state index in [4.69, 9.17) is 0 Å². The molecule has 0 aliphatic rings. The average molecular weight is 186 g/mol. The summed E-state index contributed by atoms with van der Waals surface area (Å²) in [6.07, 6.45) is 3.05. The third kappa shape index (κ3) is 2.76. The highest BCUT2D eigenvalue weighted by Gasteiger charge is 2.16. The van der Waals surface area contributed by atoms with E-state index in [1.54, 1.807) is 0 Å². The van der Waals surface area contributed by atoms with Gasteiger partial charge in [-0.3, -0.25) is 0 Å². The Balaban J connectivity index is 2.97. The molecule has 0 atom stereocenters. The number of rotatable bonds is 3. The van der Waals surface area contributed by atoms with Gasteiger partial charge in [0.2, 0.25) is 0 Å². The van der Waals surface area contributed by atoms with E-state index in [1.165, 1.54) is 11.0 Å². The molecule has 0 radical (unpaired) electrons. The Kier molecular flexibility index (Phi) is 3.57. The fraction of sp³-hybridized carbons (Fsp3) is 0.385. The largest absolute Gasteiger partial charge is 0.161 e. The molecule has 0 spiro atoms. The molecule has 0 aliphatic heterocycles. The highest BCUT2D eigenvalue weighted by Crippen LogP contribution is 2.19. The lowest BCUT2D eigenvalue weighted by molar-refractivity contribution is 0.594. The molecule has 0 aromatic heterocycles. The summed E-state index contributed by atoms with van der Waals surface area (Å²) in [6.45, 7) is 10.6. The third-order valence-electron chi connectivity index (χ3n) is 2.44. The molecular weight excluding hydrogens is 167 g/mol. The summed E-state index contributed by atoms with van der Waals surface area (Å²) < 4.78 is 0. The average Bonchev–Trinajstić information content (AvgIpc) is 2.14. The van der Waals surface area contributed by atoms with Gasteiger partial charge >= 0.3 is 0 Å². The first-order valence-corrected chi connectivity index (χ1v) is 5.25. The van der Waals surface area contributed by atoms with Crippen molar-refractivity contribution < 1.29 is 0 Å². The third-order valence-corrected chi connectivity index (χ3v) is 2.44. The van der Waals surface area contributed by atoms with Gasteiger partial charge in [0.15, 0.2) is 7.28 Å². The van der Waals surface area contributed by atoms with E-state index < -0.39 is 0 Å². The second-order valence-electron chi connectivity index (χ2n) is 4.73. The molecule has 0 saturated carbocycles. The van der Waals surface area contributed by atoms with Crippen LogP contribution in [0.15, 0.2) is 36.9 Å². The molecule has 0 nitrogen and oxygen atoms in total. The molecule has 0 unspecified atom stereocenters. The Morgan fingerprint density at radius 2 is 1.93 bits per heavy atom. The van der Waals surface area contributed by atoms with Crippen LogP contribution in [0.1, 0.15) is 26.3 Å². The highest BCUT2D eigenvalue weighted by molar-refractivity contribution is 6.54. The van der Waals surface area contributed by atoms with Crippen LogP contribution in [0.3, 0.4) is 0 Å². The summed E-state index contributed by atoms with van der Waals surface area (Å²) in [4.78, 5) is 0. The van der Waals surface area contributed by atoms with Crippen LogP contribution in [0.2, 0.25) is 6.32 Å². The first-order valence-electron chi connectivity index (χ1n) is 5.25. The lowest BCUT2D eigenvalue weighted by Gasteiger charge is -2.22. The van der Waals surface area contributed by atoms with Crippen LogP contribution in [-0.4, -0.2) is 7.28 Å². The summed E-state index contributed by atoms with van der Waals surface area (Å²) in [6, 6.07) is 8.70. The zero-order valence-electron chi connectivity index (χ0n) is 9.51. The minimum Gasteiger partial charge on any atom is -0.104 e. The topological polar surface area (TPSA) is 0 Å². The maximum Gasteiger partial charge on any atom is 0.161 e. The fourth-order valence-electron chi connectivity index (χ4n) is 1.73. The molecule has 0 amide bonds. The van der Waals surface area contributed by atoms with Crippen molar-refractivity contribution >= 4 is 12.7 Å². The quantitative estimate of drug-likeness (QED) is 0.502. The van der Waals surface area contributed by atoms with Gasteiger partial charge in [-0.05, 0) is 11.0 Å². The molecule has 0 heterocycles. The predicted octanol–water partition coefficient (Wildman–Crippen LogP) is 2.65. The smallest absolute Gasteiger partial charge is 0.104 e. The Morgan fingerprint density at radius 1 is 1.29 bits per heavy atom. The van der Waals surface area contributed by atoms with Crippen molar-refractivity contribution in [2.24, 2.45) is 0 Å². The van der Waals surface area contributed by atoms with Crippen LogP contribution in [-0.2, 0) is 5.41 Å². The molecule has 0 bridgehead atoms. The second kappa shape index (κ2) is 4.50. The molecule has 1 aromatic rings. The molecular formula is C13H19B. The van der Waals surface area contributed by atoms with Crippen molar-refractivity contribution in [1.82, 2.24) is 0 Å². The van der Waals surface area contributed by atoms with Crippen molar-refractivity contribution in [2.45, 2.75) is 32.5 Å². The van der Waals surface area contributed by atoms with Crippen molar-refractivity contribution in [1.29, 1.82) is 0 Å². The maximum absolute atomic E-state index is 3.77. The van der Waals surface area contributed by atoms with Crippen LogP contribution in [0.4, 0.5) is 0 Å². The van der Waals surface area contributed by atoms with Gasteiger partial charge in [0.05, 0.1) is 0 Å². The summed E-state index contributed by atoms with van der Waals surface area (Å²) in [5.74, 6) is 0. The van der Waals surface area contributed by atoms with E-state index in [1.807, 2.05) is 6.08 Å². The molecule has 14 heavy (non-hydrogen) atoms. The maximum atomic E-state index is 3.77. The van der Waals surface area contributed by atoms with E-state index in [9.17, 15) is 0 Å². The van der Waals surface area contributed by atoms with Gasteiger partial charge < -0.3 is 0 Å². The van der Waals surface area contributed by atoms with Crippen LogP contribution >= 0.6 is 0 Å². The van der Waals surface area contributed by atoms with E-state index in [-0.39, 0.29) is 5.41 Å². The van der Waals surface area contributed by atoms with Crippen molar-refractivity contribution in [3.05, 3.63) is 42.5 Å². The number of benzene rings is 1. The monoisotopic (exact) mass is 186 g/mol. The standard InChI is InChI=1S/C13H19B/c1-5-10-14-12-9-7-6-8-11(12)13(2,3)4/h5-9,14H,1,10H2,2-4H3. The Labute approximate surface area is 88.3 Å². The number of hydrogen-bond acceptors (Lipinski definition) is 0. The molecule has 0 aliphatic carbocycles. The molecule has 1 rings (SSSR count). The van der Waals surface area contributed by atoms with Crippen molar-refractivity contribution in [3.8, 4) is 0 Å². The Bertz CT molecular complexity index is 307. The SMILES string of the molecule is C=CCBc1ccccc1C(C)(C)C. The lowest BCUT2D eigenvalue weighted by Crippen LogP contribution is -2.27. The molecule has 1 heteroatoms. The molecule has 0 N–H and O–H groups in total. The molecule has 74 valence electrons. The first-order chi connectivity index (χ1) is 6.55. The van der Waals surface area contributed by atoms with Crippen LogP contribution in [0.5, 0.6) is 0 Å². The van der Waals surface area contributed by atoms with Gasteiger partial charge in [0, 0.05) is 0 Å². The van der Waals surface area contributed by atoms with E-state index in [2.05, 4.69) is 51.6 Å². The Morgan fingerprint density at radius 3 is 2.50 bits per heavy atom. The second-order valence-corrected chi connectivity index (χ2v) is 4.73. The molecule has 0 fully saturated rings. The van der Waals surface area contributed by atoms with Crippen molar-refractivity contribution in [2.75, 3.05) is 0 Å². The zero-order chi connectivity index (χ0) is 10.6. The number of allylic oxidation sites excluding steroid dienone is 1. The molecule has 0 saturated heterocycles. The van der Waals surface area contributed by atoms with E-state index >= 15 is 0 Å². The predicted molar refractivity (Wildman–Crippen MR) is 66.9 cm³/mol. The van der Waals surface area contributed by atoms with E-state index in [0.29, 0.717) is 0 Å². The first kappa shape index (κ1) is 11.1. The van der Waals surface area contributed by atoms with Gasteiger partial charge in [-0.2, -0.15) is 0 Å². The summed E-state index contributed by atoms with van der Waals surface area (Å²) >= 11 is 0. The van der Waals surface area contributed by atoms with Gasteiger partial charge in [0.25, 0.3) is 0 Å². The summed E-state index contributed by atoms with van der Waals surface area (Å²) in [7, 11) is 1.11. The molecule has 1 aromatic carbocycles. The van der Waals surface area contributed by atoms with Gasteiger partial charge in [-0.15, -0.1) is 6.58 Å². The number of hydrogen-bond donors (Lipinski definition) is 0. The minimum atomic E-state index is 0.248. The zero-order valence-corrected chi connectivity index (χ0v) is 9.51. The fourth-order valence-corrected chi connectivity index (χ4v) is 1.73. The van der Waals surface area contributed by atoms with Gasteiger partial charge in [-0.1, -0.05) is 62.9 Å². The normalized spacial score (nSPS) is 11.1. The van der Waals surface area contributed by atoms with Crippen molar-refractivity contribution in [3.63, 3.8) is 0 Å². The lowest BCUT2D eigenvalue weighted by atomic mass is 9.62. The van der Waals surface area contributed by atoms with Crippen LogP contribution < -0.4 is 5.46 Å². The summed E-state index contributed by atoms with van der Waals surface area (Å²) in [5.41, 5.74) is 3.17.